The Kier molecular flexibility index (Phi) is 12.9. The maximum Gasteiger partial charge on any atom is -1.00 e. The van der Waals surface area contributed by atoms with E-state index >= 15 is 0 Å². The predicted molar refractivity (Wildman–Crippen MR) is 229 cm³/mol. The number of fused-ring (bicyclic) bond motifs is 3. The summed E-state index contributed by atoms with van der Waals surface area (Å²) in [5.74, 6) is 0. The van der Waals surface area contributed by atoms with Gasteiger partial charge in [0.25, 0.3) is 0 Å². The second kappa shape index (κ2) is 17.3. The van der Waals surface area contributed by atoms with E-state index in [4.69, 9.17) is 0 Å². The van der Waals surface area contributed by atoms with Gasteiger partial charge < -0.3 is 24.8 Å². The van der Waals surface area contributed by atoms with Crippen LogP contribution in [-0.4, -0.2) is 3.21 Å². The first-order chi connectivity index (χ1) is 26.1. The van der Waals surface area contributed by atoms with Gasteiger partial charge in [-0.25, -0.2) is 0 Å². The van der Waals surface area contributed by atoms with Crippen LogP contribution in [0.1, 0.15) is 85.0 Å². The molecule has 0 N–H and O–H groups in total. The van der Waals surface area contributed by atoms with E-state index in [0.29, 0.717) is 3.63 Å². The summed E-state index contributed by atoms with van der Waals surface area (Å²) >= 11 is -2.78. The number of allylic oxidation sites excluding steroid dienone is 4. The average molecular weight is 851 g/mol. The van der Waals surface area contributed by atoms with Gasteiger partial charge in [-0.15, -0.1) is 0 Å². The summed E-state index contributed by atoms with van der Waals surface area (Å²) in [6.07, 6.45) is 10.4. The molecule has 0 bridgehead atoms. The second-order valence-corrected chi connectivity index (χ2v) is 24.1. The van der Waals surface area contributed by atoms with Crippen LogP contribution in [0.4, 0.5) is 0 Å². The third-order valence-electron chi connectivity index (χ3n) is 11.4. The molecule has 0 atom stereocenters. The van der Waals surface area contributed by atoms with Gasteiger partial charge in [-0.05, 0) is 0 Å². The van der Waals surface area contributed by atoms with E-state index in [9.17, 15) is 0 Å². The van der Waals surface area contributed by atoms with Crippen molar-refractivity contribution < 1.29 is 46.1 Å². The molecule has 2 aliphatic carbocycles. The van der Waals surface area contributed by atoms with Gasteiger partial charge in [-0.2, -0.15) is 0 Å². The van der Waals surface area contributed by atoms with Crippen LogP contribution in [0.2, 0.25) is 0 Å². The third-order valence-corrected chi connectivity index (χ3v) is 19.7. The van der Waals surface area contributed by atoms with Crippen molar-refractivity contribution in [2.45, 2.75) is 75.3 Å². The van der Waals surface area contributed by atoms with Crippen LogP contribution in [0.5, 0.6) is 0 Å². The number of hydrogen-bond donors (Lipinski definition) is 0. The first-order valence-corrected chi connectivity index (χ1v) is 23.6. The van der Waals surface area contributed by atoms with Gasteiger partial charge in [0, 0.05) is 0 Å². The van der Waals surface area contributed by atoms with E-state index in [-0.39, 0.29) is 35.6 Å². The molecule has 0 nitrogen and oxygen atoms in total. The summed E-state index contributed by atoms with van der Waals surface area (Å²) in [6.45, 7) is 14.3. The molecule has 0 fully saturated rings. The van der Waals surface area contributed by atoms with Crippen LogP contribution in [0.3, 0.4) is 0 Å². The zero-order valence-electron chi connectivity index (χ0n) is 33.5. The van der Waals surface area contributed by atoms with Crippen LogP contribution in [0.15, 0.2) is 167 Å². The molecule has 0 unspecified atom stereocenters. The Morgan fingerprint density at radius 1 is 0.518 bits per heavy atom. The molecule has 0 aliphatic heterocycles. The second-order valence-electron chi connectivity index (χ2n) is 17.3. The van der Waals surface area contributed by atoms with E-state index < -0.39 is 21.3 Å². The van der Waals surface area contributed by atoms with Crippen LogP contribution >= 0.6 is 0 Å². The molecule has 2 aliphatic rings. The van der Waals surface area contributed by atoms with Gasteiger partial charge in [0.1, 0.15) is 0 Å². The Bertz CT molecular complexity index is 2240. The number of halogens is 2. The molecule has 0 radical (unpaired) electrons. The maximum atomic E-state index is 2.65. The van der Waals surface area contributed by atoms with E-state index in [1.165, 1.54) is 55.6 Å². The van der Waals surface area contributed by atoms with E-state index in [1.807, 2.05) is 0 Å². The number of hydrogen-bond acceptors (Lipinski definition) is 0. The molecule has 6 aromatic carbocycles. The summed E-state index contributed by atoms with van der Waals surface area (Å²) in [6, 6.07) is 55.4. The van der Waals surface area contributed by atoms with E-state index in [2.05, 4.69) is 205 Å². The van der Waals surface area contributed by atoms with Crippen LogP contribution < -0.4 is 24.8 Å². The largest absolute Gasteiger partial charge is 1.00 e. The van der Waals surface area contributed by atoms with Gasteiger partial charge in [0.05, 0.1) is 0 Å². The van der Waals surface area contributed by atoms with Crippen LogP contribution in [0, 0.1) is 0 Å². The quantitative estimate of drug-likeness (QED) is 0.147. The fourth-order valence-corrected chi connectivity index (χ4v) is 18.0. The summed E-state index contributed by atoms with van der Waals surface area (Å²) in [7, 11) is 0. The van der Waals surface area contributed by atoms with Crippen molar-refractivity contribution in [3.63, 3.8) is 0 Å². The van der Waals surface area contributed by atoms with Crippen molar-refractivity contribution in [3.8, 4) is 33.4 Å². The molecule has 282 valence electrons. The van der Waals surface area contributed by atoms with Gasteiger partial charge in [-0.1, -0.05) is 0 Å². The average Bonchev–Trinajstić information content (AvgIpc) is 3.81. The molecule has 8 rings (SSSR count). The molecule has 0 saturated heterocycles. The molecule has 3 heteroatoms. The molecule has 0 aromatic heterocycles. The van der Waals surface area contributed by atoms with Crippen LogP contribution in [0.25, 0.3) is 33.4 Å². The molecule has 6 aromatic rings. The summed E-state index contributed by atoms with van der Waals surface area (Å²) in [5.41, 5.74) is 17.0. The molecule has 0 amide bonds. The molecular weight excluding hydrogens is 799 g/mol. The molecule has 0 saturated carbocycles. The van der Waals surface area contributed by atoms with Crippen molar-refractivity contribution in [2.24, 2.45) is 0 Å². The van der Waals surface area contributed by atoms with Gasteiger partial charge in [0.15, 0.2) is 0 Å². The zero-order valence-corrected chi connectivity index (χ0v) is 37.5. The zero-order chi connectivity index (χ0) is 37.5. The SMILES string of the molecule is CC(C)(C)c1cc2c(cc1-c1ccccc1)[CH]([Zr+2]([C]1=CC=CC1)=[C](Cc1ccccc1)Cc1ccccc1)c1cc(-c3ccccc3)c(C(C)(C)C)cc1-2.[Cl-].[Cl-]. The van der Waals surface area contributed by atoms with Crippen molar-refractivity contribution in [3.05, 3.63) is 200 Å². The Morgan fingerprint density at radius 2 is 0.911 bits per heavy atom. The molecular formula is C53H52Cl2Zr. The smallest absolute Gasteiger partial charge is 1.00 e. The molecule has 0 heterocycles. The van der Waals surface area contributed by atoms with Gasteiger partial charge >= 0.3 is 334 Å². The Balaban J connectivity index is 0.00000266. The van der Waals surface area contributed by atoms with Crippen molar-refractivity contribution in [1.29, 1.82) is 0 Å². The topological polar surface area (TPSA) is 0 Å². The maximum absolute atomic E-state index is 2.78. The number of rotatable bonds is 8. The standard InChI is InChI=1S/C33H33.C15H14.C5H5.2ClH.Zr/c1-32(2,3)30-20-26-24(18-28(30)22-13-9-7-10-14-22)17-25-19-29(23-15-11-8-12-16-23)31(21-27(25)26)33(4,5)6;1-3-8-14(9-4-1)12-7-13-15-10-5-2-6-11-15;1-2-4-5-3-1;;;/h7-21H,1-6H3;1-6,8-11H,12-13H2;1-3H,4H2;2*1H;/q;;;;;+2/p-2. The first-order valence-electron chi connectivity index (χ1n) is 19.7. The summed E-state index contributed by atoms with van der Waals surface area (Å²) in [5, 5.41) is 0. The fraction of sp³-hybridized carbons (Fsp3) is 0.226. The Morgan fingerprint density at radius 3 is 1.27 bits per heavy atom. The van der Waals surface area contributed by atoms with Crippen molar-refractivity contribution in [2.75, 3.05) is 0 Å². The monoisotopic (exact) mass is 848 g/mol. The van der Waals surface area contributed by atoms with Crippen molar-refractivity contribution in [1.82, 2.24) is 0 Å². The van der Waals surface area contributed by atoms with Gasteiger partial charge in [0.2, 0.25) is 0 Å². The minimum Gasteiger partial charge on any atom is -1.00 e. The minimum absolute atomic E-state index is 0. The number of benzene rings is 6. The van der Waals surface area contributed by atoms with E-state index in [1.54, 1.807) is 17.6 Å². The normalized spacial score (nSPS) is 13.1. The third kappa shape index (κ3) is 8.53. The van der Waals surface area contributed by atoms with Crippen molar-refractivity contribution >= 4 is 3.21 Å². The van der Waals surface area contributed by atoms with E-state index in [0.717, 1.165) is 19.3 Å². The first kappa shape index (κ1) is 41.8. The summed E-state index contributed by atoms with van der Waals surface area (Å²) < 4.78 is 3.85. The minimum atomic E-state index is -2.78. The molecule has 56 heavy (non-hydrogen) atoms. The fourth-order valence-electron chi connectivity index (χ4n) is 8.81. The van der Waals surface area contributed by atoms with Crippen LogP contribution in [-0.2, 0) is 44.9 Å². The summed E-state index contributed by atoms with van der Waals surface area (Å²) in [4.78, 5) is 0. The Labute approximate surface area is 355 Å². The predicted octanol–water partition coefficient (Wildman–Crippen LogP) is 7.81. The van der Waals surface area contributed by atoms with Gasteiger partial charge in [-0.3, -0.25) is 0 Å². The Hall–Kier alpha value is -3.87. The molecule has 0 spiro atoms.